The first-order valence-corrected chi connectivity index (χ1v) is 8.25. The Morgan fingerprint density at radius 1 is 1.20 bits per heavy atom. The van der Waals surface area contributed by atoms with Crippen LogP contribution in [0.2, 0.25) is 0 Å². The second kappa shape index (κ2) is 8.07. The summed E-state index contributed by atoms with van der Waals surface area (Å²) in [4.78, 5) is 26.2. The lowest BCUT2D eigenvalue weighted by molar-refractivity contribution is -0.116. The van der Waals surface area contributed by atoms with Gasteiger partial charge in [0.2, 0.25) is 5.91 Å². The summed E-state index contributed by atoms with van der Waals surface area (Å²) in [7, 11) is 1.71. The molecule has 5 nitrogen and oxygen atoms in total. The number of nitrogens with one attached hydrogen (secondary N) is 1. The van der Waals surface area contributed by atoms with Crippen LogP contribution in [-0.4, -0.2) is 41.3 Å². The lowest BCUT2D eigenvalue weighted by Gasteiger charge is -2.15. The predicted octanol–water partition coefficient (Wildman–Crippen LogP) is 3.02. The lowest BCUT2D eigenvalue weighted by Crippen LogP contribution is -2.34. The SMILES string of the molecule is CCn1c(C)cc(C(=O)CN(C)CC(=O)Nc2cccc(F)c2)c1C. The highest BCUT2D eigenvalue weighted by molar-refractivity contribution is 5.99. The Morgan fingerprint density at radius 2 is 1.92 bits per heavy atom. The quantitative estimate of drug-likeness (QED) is 0.785. The molecule has 1 aromatic carbocycles. The summed E-state index contributed by atoms with van der Waals surface area (Å²) in [6.07, 6.45) is 0. The summed E-state index contributed by atoms with van der Waals surface area (Å²) in [5.74, 6) is -0.721. The van der Waals surface area contributed by atoms with E-state index in [0.717, 1.165) is 17.9 Å². The number of halogens is 1. The molecule has 0 fully saturated rings. The van der Waals surface area contributed by atoms with Crippen LogP contribution in [0.5, 0.6) is 0 Å². The molecule has 0 saturated heterocycles. The molecule has 1 heterocycles. The molecule has 1 N–H and O–H groups in total. The maximum Gasteiger partial charge on any atom is 0.238 e. The van der Waals surface area contributed by atoms with Crippen molar-refractivity contribution in [2.24, 2.45) is 0 Å². The summed E-state index contributed by atoms with van der Waals surface area (Å²) in [5.41, 5.74) is 3.09. The van der Waals surface area contributed by atoms with E-state index in [-0.39, 0.29) is 24.8 Å². The van der Waals surface area contributed by atoms with Gasteiger partial charge in [-0.15, -0.1) is 0 Å². The average molecular weight is 345 g/mol. The van der Waals surface area contributed by atoms with Crippen LogP contribution in [-0.2, 0) is 11.3 Å². The normalized spacial score (nSPS) is 11.0. The smallest absolute Gasteiger partial charge is 0.238 e. The molecule has 0 aliphatic heterocycles. The van der Waals surface area contributed by atoms with E-state index in [1.807, 2.05) is 26.8 Å². The minimum Gasteiger partial charge on any atom is -0.349 e. The van der Waals surface area contributed by atoms with Crippen LogP contribution in [0.1, 0.15) is 28.7 Å². The molecule has 0 aliphatic carbocycles. The number of amides is 1. The third-order valence-corrected chi connectivity index (χ3v) is 4.13. The topological polar surface area (TPSA) is 54.3 Å². The van der Waals surface area contributed by atoms with E-state index in [1.54, 1.807) is 18.0 Å². The van der Waals surface area contributed by atoms with Crippen LogP contribution in [0.25, 0.3) is 0 Å². The van der Waals surface area contributed by atoms with Crippen molar-refractivity contribution in [3.05, 3.63) is 53.1 Å². The maximum atomic E-state index is 13.1. The van der Waals surface area contributed by atoms with Crippen LogP contribution in [0.3, 0.4) is 0 Å². The van der Waals surface area contributed by atoms with Crippen molar-refractivity contribution in [2.45, 2.75) is 27.3 Å². The number of carbonyl (C=O) groups excluding carboxylic acids is 2. The Bertz CT molecular complexity index is 783. The first kappa shape index (κ1) is 18.9. The molecule has 0 aliphatic rings. The van der Waals surface area contributed by atoms with E-state index in [2.05, 4.69) is 9.88 Å². The number of anilines is 1. The van der Waals surface area contributed by atoms with Gasteiger partial charge in [0.15, 0.2) is 5.78 Å². The number of rotatable bonds is 7. The Kier molecular flexibility index (Phi) is 6.09. The number of ketones is 1. The van der Waals surface area contributed by atoms with E-state index in [0.29, 0.717) is 11.3 Å². The summed E-state index contributed by atoms with van der Waals surface area (Å²) in [6.45, 7) is 6.96. The van der Waals surface area contributed by atoms with Gasteiger partial charge in [-0.1, -0.05) is 6.07 Å². The molecule has 0 atom stereocenters. The maximum absolute atomic E-state index is 13.1. The molecule has 1 aromatic heterocycles. The van der Waals surface area contributed by atoms with E-state index in [4.69, 9.17) is 0 Å². The zero-order valence-corrected chi connectivity index (χ0v) is 15.1. The number of aromatic nitrogens is 1. The first-order chi connectivity index (χ1) is 11.8. The molecule has 0 unspecified atom stereocenters. The zero-order valence-electron chi connectivity index (χ0n) is 15.1. The third kappa shape index (κ3) is 4.76. The van der Waals surface area contributed by atoms with Gasteiger partial charge in [0, 0.05) is 29.2 Å². The number of Topliss-reactive ketones (excluding diaryl/α,β-unsaturated/α-hetero) is 1. The fourth-order valence-electron chi connectivity index (χ4n) is 2.97. The summed E-state index contributed by atoms with van der Waals surface area (Å²) in [6, 6.07) is 7.60. The van der Waals surface area contributed by atoms with Crippen LogP contribution >= 0.6 is 0 Å². The number of hydrogen-bond donors (Lipinski definition) is 1. The Hall–Kier alpha value is -2.47. The van der Waals surface area contributed by atoms with E-state index in [1.165, 1.54) is 18.2 Å². The highest BCUT2D eigenvalue weighted by Gasteiger charge is 2.17. The molecule has 134 valence electrons. The van der Waals surface area contributed by atoms with Gasteiger partial charge in [-0.2, -0.15) is 0 Å². The number of benzene rings is 1. The number of likely N-dealkylation sites (N-methyl/N-ethyl adjacent to an activating group) is 1. The van der Waals surface area contributed by atoms with Crippen molar-refractivity contribution < 1.29 is 14.0 Å². The minimum atomic E-state index is -0.410. The molecule has 1 amide bonds. The molecule has 0 saturated carbocycles. The lowest BCUT2D eigenvalue weighted by atomic mass is 10.1. The average Bonchev–Trinajstić information content (AvgIpc) is 2.81. The largest absolute Gasteiger partial charge is 0.349 e. The minimum absolute atomic E-state index is 0.0196. The Balaban J connectivity index is 1.94. The number of carbonyl (C=O) groups is 2. The van der Waals surface area contributed by atoms with Crippen LogP contribution in [0.4, 0.5) is 10.1 Å². The van der Waals surface area contributed by atoms with Gasteiger partial charge in [-0.3, -0.25) is 14.5 Å². The monoisotopic (exact) mass is 345 g/mol. The molecular formula is C19H24FN3O2. The fraction of sp³-hybridized carbons (Fsp3) is 0.368. The van der Waals surface area contributed by atoms with Gasteiger partial charge in [0.05, 0.1) is 13.1 Å². The fourth-order valence-corrected chi connectivity index (χ4v) is 2.97. The zero-order chi connectivity index (χ0) is 18.6. The van der Waals surface area contributed by atoms with E-state index >= 15 is 0 Å². The standard InChI is InChI=1S/C19H24FN3O2/c1-5-23-13(2)9-17(14(23)3)18(24)11-22(4)12-19(25)21-16-8-6-7-15(20)10-16/h6-10H,5,11-12H2,1-4H3,(H,21,25). The number of nitrogens with zero attached hydrogens (tertiary/aromatic N) is 2. The molecule has 2 aromatic rings. The van der Waals surface area contributed by atoms with Gasteiger partial charge in [0.25, 0.3) is 0 Å². The second-order valence-electron chi connectivity index (χ2n) is 6.18. The molecular weight excluding hydrogens is 321 g/mol. The summed E-state index contributed by atoms with van der Waals surface area (Å²) < 4.78 is 15.2. The van der Waals surface area contributed by atoms with Gasteiger partial charge in [-0.25, -0.2) is 4.39 Å². The first-order valence-electron chi connectivity index (χ1n) is 8.25. The van der Waals surface area contributed by atoms with Crippen molar-refractivity contribution in [3.8, 4) is 0 Å². The highest BCUT2D eigenvalue weighted by Crippen LogP contribution is 2.16. The Labute approximate surface area is 147 Å². The van der Waals surface area contributed by atoms with Crippen LogP contribution < -0.4 is 5.32 Å². The van der Waals surface area contributed by atoms with Gasteiger partial charge in [0.1, 0.15) is 5.82 Å². The van der Waals surface area contributed by atoms with Crippen molar-refractivity contribution in [2.75, 3.05) is 25.5 Å². The Morgan fingerprint density at radius 3 is 2.52 bits per heavy atom. The van der Waals surface area contributed by atoms with Gasteiger partial charge < -0.3 is 9.88 Å². The molecule has 0 radical (unpaired) electrons. The molecule has 2 rings (SSSR count). The van der Waals surface area contributed by atoms with Crippen LogP contribution in [0, 0.1) is 19.7 Å². The third-order valence-electron chi connectivity index (χ3n) is 4.13. The van der Waals surface area contributed by atoms with Gasteiger partial charge >= 0.3 is 0 Å². The van der Waals surface area contributed by atoms with Crippen molar-refractivity contribution in [1.82, 2.24) is 9.47 Å². The van der Waals surface area contributed by atoms with E-state index < -0.39 is 5.82 Å². The predicted molar refractivity (Wildman–Crippen MR) is 96.4 cm³/mol. The summed E-state index contributed by atoms with van der Waals surface area (Å²) >= 11 is 0. The van der Waals surface area contributed by atoms with E-state index in [9.17, 15) is 14.0 Å². The summed E-state index contributed by atoms with van der Waals surface area (Å²) in [5, 5.41) is 2.62. The van der Waals surface area contributed by atoms with Crippen molar-refractivity contribution in [3.63, 3.8) is 0 Å². The number of hydrogen-bond acceptors (Lipinski definition) is 3. The molecule has 0 spiro atoms. The molecule has 6 heteroatoms. The van der Waals surface area contributed by atoms with Crippen molar-refractivity contribution >= 4 is 17.4 Å². The number of aryl methyl sites for hydroxylation is 1. The molecule has 25 heavy (non-hydrogen) atoms. The molecule has 0 bridgehead atoms. The highest BCUT2D eigenvalue weighted by atomic mass is 19.1. The van der Waals surface area contributed by atoms with Crippen LogP contribution in [0.15, 0.2) is 30.3 Å². The second-order valence-corrected chi connectivity index (χ2v) is 6.18. The van der Waals surface area contributed by atoms with Gasteiger partial charge in [-0.05, 0) is 52.1 Å². The van der Waals surface area contributed by atoms with Crippen molar-refractivity contribution in [1.29, 1.82) is 0 Å².